The fraction of sp³-hybridized carbons (Fsp3) is 0.105. The van der Waals surface area contributed by atoms with Gasteiger partial charge in [-0.2, -0.15) is 0 Å². The maximum Gasteiger partial charge on any atom is 0.0794 e. The number of halogens is 1. The summed E-state index contributed by atoms with van der Waals surface area (Å²) in [7, 11) is 0. The lowest BCUT2D eigenvalue weighted by Crippen LogP contribution is -1.76. The van der Waals surface area contributed by atoms with E-state index in [1.54, 1.807) is 11.3 Å². The van der Waals surface area contributed by atoms with Crippen LogP contribution in [0.15, 0.2) is 58.1 Å². The maximum atomic E-state index is 3.88. The molecule has 0 nitrogen and oxygen atoms in total. The molecule has 22 heavy (non-hydrogen) atoms. The molecule has 0 radical (unpaired) electrons. The van der Waals surface area contributed by atoms with Crippen LogP contribution in [0, 0.1) is 6.92 Å². The number of thiophene rings is 2. The van der Waals surface area contributed by atoms with Crippen LogP contribution in [0.25, 0.3) is 26.6 Å². The zero-order valence-electron chi connectivity index (χ0n) is 12.4. The number of rotatable bonds is 3. The van der Waals surface area contributed by atoms with Crippen molar-refractivity contribution >= 4 is 54.8 Å². The van der Waals surface area contributed by atoms with Gasteiger partial charge in [0, 0.05) is 25.6 Å². The van der Waals surface area contributed by atoms with Gasteiger partial charge in [0.25, 0.3) is 0 Å². The zero-order valence-corrected chi connectivity index (χ0v) is 15.7. The average molecular weight is 387 g/mol. The van der Waals surface area contributed by atoms with Crippen molar-refractivity contribution in [3.63, 3.8) is 0 Å². The Morgan fingerprint density at radius 2 is 2.05 bits per heavy atom. The summed E-state index contributed by atoms with van der Waals surface area (Å²) in [5.74, 6) is 0. The van der Waals surface area contributed by atoms with E-state index in [1.165, 1.54) is 34.8 Å². The second kappa shape index (κ2) is 6.39. The largest absolute Gasteiger partial charge is 0.135 e. The minimum absolute atomic E-state index is 1.01. The highest BCUT2D eigenvalue weighted by Gasteiger charge is 2.16. The fourth-order valence-electron chi connectivity index (χ4n) is 2.30. The van der Waals surface area contributed by atoms with Crippen molar-refractivity contribution in [2.75, 3.05) is 0 Å². The molecule has 0 fully saturated rings. The van der Waals surface area contributed by atoms with Crippen LogP contribution in [0.4, 0.5) is 0 Å². The molecule has 0 atom stereocenters. The Morgan fingerprint density at radius 1 is 1.27 bits per heavy atom. The SMILES string of the molecule is C=C(C)C=C=Cc1c(C)sc(Br)c1-c1cc2ccccc2s1. The lowest BCUT2D eigenvalue weighted by Gasteiger charge is -1.98. The lowest BCUT2D eigenvalue weighted by molar-refractivity contribution is 1.57. The Morgan fingerprint density at radius 3 is 2.77 bits per heavy atom. The minimum Gasteiger partial charge on any atom is -0.135 e. The number of fused-ring (bicyclic) bond motifs is 1. The molecule has 110 valence electrons. The van der Waals surface area contributed by atoms with Gasteiger partial charge in [0.05, 0.1) is 3.79 Å². The summed E-state index contributed by atoms with van der Waals surface area (Å²) in [6, 6.07) is 10.8. The molecule has 0 amide bonds. The summed E-state index contributed by atoms with van der Waals surface area (Å²) in [5.41, 5.74) is 6.75. The predicted molar refractivity (Wildman–Crippen MR) is 105 cm³/mol. The zero-order chi connectivity index (χ0) is 15.7. The third-order valence-electron chi connectivity index (χ3n) is 3.32. The first kappa shape index (κ1) is 15.5. The molecule has 0 saturated carbocycles. The number of allylic oxidation sites excluding steroid dienone is 2. The quantitative estimate of drug-likeness (QED) is 0.323. The van der Waals surface area contributed by atoms with Crippen LogP contribution in [0.3, 0.4) is 0 Å². The maximum absolute atomic E-state index is 3.88. The van der Waals surface area contributed by atoms with Crippen LogP contribution in [0.1, 0.15) is 17.4 Å². The predicted octanol–water partition coefficient (Wildman–Crippen LogP) is 7.45. The first-order valence-corrected chi connectivity index (χ1v) is 9.34. The van der Waals surface area contributed by atoms with Crippen molar-refractivity contribution in [3.8, 4) is 10.4 Å². The smallest absolute Gasteiger partial charge is 0.0794 e. The Kier molecular flexibility index (Phi) is 4.51. The Labute approximate surface area is 147 Å². The minimum atomic E-state index is 1.01. The molecule has 0 aliphatic heterocycles. The van der Waals surface area contributed by atoms with Crippen molar-refractivity contribution in [1.29, 1.82) is 0 Å². The van der Waals surface area contributed by atoms with Crippen molar-refractivity contribution in [2.24, 2.45) is 0 Å². The van der Waals surface area contributed by atoms with Gasteiger partial charge in [-0.25, -0.2) is 0 Å². The highest BCUT2D eigenvalue weighted by atomic mass is 79.9. The molecule has 0 N–H and O–H groups in total. The van der Waals surface area contributed by atoms with Gasteiger partial charge in [-0.1, -0.05) is 30.4 Å². The summed E-state index contributed by atoms with van der Waals surface area (Å²) in [6.45, 7) is 8.01. The van der Waals surface area contributed by atoms with E-state index in [1.807, 2.05) is 24.3 Å². The molecule has 2 aromatic heterocycles. The molecule has 0 saturated heterocycles. The highest BCUT2D eigenvalue weighted by molar-refractivity contribution is 9.11. The van der Waals surface area contributed by atoms with Crippen LogP contribution < -0.4 is 0 Å². The normalized spacial score (nSPS) is 10.5. The van der Waals surface area contributed by atoms with Crippen molar-refractivity contribution in [1.82, 2.24) is 0 Å². The summed E-state index contributed by atoms with van der Waals surface area (Å²) in [5, 5.41) is 1.30. The van der Waals surface area contributed by atoms with E-state index in [-0.39, 0.29) is 0 Å². The number of aryl methyl sites for hydroxylation is 1. The van der Waals surface area contributed by atoms with Crippen molar-refractivity contribution in [2.45, 2.75) is 13.8 Å². The van der Waals surface area contributed by atoms with Crippen LogP contribution in [0.5, 0.6) is 0 Å². The van der Waals surface area contributed by atoms with E-state index in [0.717, 1.165) is 5.57 Å². The van der Waals surface area contributed by atoms with E-state index < -0.39 is 0 Å². The van der Waals surface area contributed by atoms with Crippen LogP contribution in [-0.4, -0.2) is 0 Å². The monoisotopic (exact) mass is 386 g/mol. The van der Waals surface area contributed by atoms with Gasteiger partial charge in [0.1, 0.15) is 0 Å². The first-order valence-electron chi connectivity index (χ1n) is 6.92. The number of benzene rings is 1. The second-order valence-corrected chi connectivity index (χ2v) is 8.80. The summed E-state index contributed by atoms with van der Waals surface area (Å²) in [6.07, 6.45) is 3.98. The van der Waals surface area contributed by atoms with Gasteiger partial charge in [-0.3, -0.25) is 0 Å². The molecule has 3 rings (SSSR count). The second-order valence-electron chi connectivity index (χ2n) is 5.17. The van der Waals surface area contributed by atoms with Gasteiger partial charge in [0.15, 0.2) is 0 Å². The van der Waals surface area contributed by atoms with Crippen molar-refractivity contribution < 1.29 is 0 Å². The highest BCUT2D eigenvalue weighted by Crippen LogP contribution is 2.44. The molecule has 2 heterocycles. The third-order valence-corrected chi connectivity index (χ3v) is 6.24. The van der Waals surface area contributed by atoms with E-state index in [2.05, 4.69) is 71.6 Å². The summed E-state index contributed by atoms with van der Waals surface area (Å²) < 4.78 is 2.50. The molecule has 0 spiro atoms. The van der Waals surface area contributed by atoms with E-state index in [9.17, 15) is 0 Å². The summed E-state index contributed by atoms with van der Waals surface area (Å²) in [4.78, 5) is 2.59. The Balaban J connectivity index is 2.17. The molecule has 0 aliphatic carbocycles. The molecule has 1 aromatic carbocycles. The van der Waals surface area contributed by atoms with Gasteiger partial charge in [0.2, 0.25) is 0 Å². The topological polar surface area (TPSA) is 0 Å². The fourth-order valence-corrected chi connectivity index (χ4v) is 5.64. The molecule has 0 unspecified atom stereocenters. The Hall–Kier alpha value is -1.38. The van der Waals surface area contributed by atoms with Gasteiger partial charge >= 0.3 is 0 Å². The standard InChI is InChI=1S/C19H15BrS2/c1-12(2)7-6-9-15-13(3)21-19(20)18(15)17-11-14-8-4-5-10-16(14)22-17/h4-5,7-11H,1H2,2-3H3. The molecular formula is C19H15BrS2. The first-order chi connectivity index (χ1) is 10.6. The molecule has 3 heteroatoms. The number of hydrogen-bond donors (Lipinski definition) is 0. The average Bonchev–Trinajstić information content (AvgIpc) is 2.99. The van der Waals surface area contributed by atoms with E-state index in [4.69, 9.17) is 0 Å². The molecular weight excluding hydrogens is 372 g/mol. The number of hydrogen-bond acceptors (Lipinski definition) is 2. The summed E-state index contributed by atoms with van der Waals surface area (Å²) >= 11 is 7.34. The van der Waals surface area contributed by atoms with Gasteiger partial charge in [-0.05, 0) is 59.4 Å². The van der Waals surface area contributed by atoms with Gasteiger partial charge < -0.3 is 0 Å². The Bertz CT molecular complexity index is 885. The molecule has 0 aliphatic rings. The molecule has 3 aromatic rings. The molecule has 0 bridgehead atoms. The van der Waals surface area contributed by atoms with E-state index >= 15 is 0 Å². The lowest BCUT2D eigenvalue weighted by atomic mass is 10.1. The van der Waals surface area contributed by atoms with Crippen LogP contribution >= 0.6 is 38.6 Å². The third kappa shape index (κ3) is 3.04. The van der Waals surface area contributed by atoms with E-state index in [0.29, 0.717) is 0 Å². The van der Waals surface area contributed by atoms with Crippen molar-refractivity contribution in [3.05, 3.63) is 68.5 Å². The van der Waals surface area contributed by atoms with Gasteiger partial charge in [-0.15, -0.1) is 28.4 Å². The van der Waals surface area contributed by atoms with Crippen LogP contribution in [0.2, 0.25) is 0 Å². The van der Waals surface area contributed by atoms with Crippen LogP contribution in [-0.2, 0) is 0 Å².